The van der Waals surface area contributed by atoms with Crippen molar-refractivity contribution >= 4 is 11.8 Å². The molecule has 16 heavy (non-hydrogen) atoms. The topological polar surface area (TPSA) is 49.4 Å². The second-order valence-corrected chi connectivity index (χ2v) is 5.00. The molecule has 4 nitrogen and oxygen atoms in total. The van der Waals surface area contributed by atoms with Crippen LogP contribution in [0.5, 0.6) is 0 Å². The average molecular weight is 224 g/mol. The molecule has 1 aliphatic heterocycles. The Labute approximate surface area is 96.4 Å². The van der Waals surface area contributed by atoms with E-state index in [9.17, 15) is 9.59 Å². The van der Waals surface area contributed by atoms with Crippen LogP contribution in [-0.4, -0.2) is 35.3 Å². The Hall–Kier alpha value is -1.06. The third-order valence-electron chi connectivity index (χ3n) is 3.56. The van der Waals surface area contributed by atoms with Crippen molar-refractivity contribution in [1.29, 1.82) is 0 Å². The number of carbonyl (C=O) groups excluding carboxylic acids is 2. The molecule has 1 heterocycles. The van der Waals surface area contributed by atoms with Crippen molar-refractivity contribution in [3.63, 3.8) is 0 Å². The first-order valence-corrected chi connectivity index (χ1v) is 6.21. The van der Waals surface area contributed by atoms with Crippen LogP contribution in [0.3, 0.4) is 0 Å². The largest absolute Gasteiger partial charge is 0.343 e. The Morgan fingerprint density at radius 2 is 2.12 bits per heavy atom. The predicted octanol–water partition coefficient (Wildman–Crippen LogP) is 0.912. The molecule has 2 unspecified atom stereocenters. The van der Waals surface area contributed by atoms with E-state index in [0.29, 0.717) is 0 Å². The summed E-state index contributed by atoms with van der Waals surface area (Å²) < 4.78 is 0. The van der Waals surface area contributed by atoms with E-state index in [1.54, 1.807) is 11.8 Å². The molecule has 1 saturated heterocycles. The van der Waals surface area contributed by atoms with E-state index >= 15 is 0 Å². The summed E-state index contributed by atoms with van der Waals surface area (Å²) in [5, 5.41) is 2.68. The van der Waals surface area contributed by atoms with E-state index in [0.717, 1.165) is 18.8 Å². The summed E-state index contributed by atoms with van der Waals surface area (Å²) >= 11 is 0. The van der Waals surface area contributed by atoms with Crippen molar-refractivity contribution in [3.05, 3.63) is 0 Å². The van der Waals surface area contributed by atoms with Crippen LogP contribution in [0, 0.1) is 5.92 Å². The van der Waals surface area contributed by atoms with Crippen LogP contribution in [0.15, 0.2) is 0 Å². The molecule has 4 heteroatoms. The van der Waals surface area contributed by atoms with Gasteiger partial charge in [0, 0.05) is 6.04 Å². The van der Waals surface area contributed by atoms with Crippen LogP contribution in [0.2, 0.25) is 0 Å². The van der Waals surface area contributed by atoms with Gasteiger partial charge in [-0.25, -0.2) is 0 Å². The highest BCUT2D eigenvalue weighted by molar-refractivity contribution is 5.94. The summed E-state index contributed by atoms with van der Waals surface area (Å²) in [6, 6.07) is -0.0944. The molecule has 0 aromatic carbocycles. The van der Waals surface area contributed by atoms with Crippen molar-refractivity contribution in [1.82, 2.24) is 10.2 Å². The molecule has 2 amide bonds. The summed E-state index contributed by atoms with van der Waals surface area (Å²) in [5.41, 5.74) is 0. The number of piperazine rings is 1. The van der Waals surface area contributed by atoms with E-state index in [2.05, 4.69) is 12.2 Å². The SMILES string of the molecule is CCC(CC1CC1)N1CC(=O)NC(C)C1=O. The zero-order chi connectivity index (χ0) is 11.7. The Balaban J connectivity index is 2.02. The van der Waals surface area contributed by atoms with Gasteiger partial charge in [-0.2, -0.15) is 0 Å². The molecule has 0 radical (unpaired) electrons. The first-order valence-electron chi connectivity index (χ1n) is 6.21. The predicted molar refractivity (Wildman–Crippen MR) is 60.7 cm³/mol. The lowest BCUT2D eigenvalue weighted by Crippen LogP contribution is -2.59. The summed E-state index contributed by atoms with van der Waals surface area (Å²) in [6.45, 7) is 4.10. The van der Waals surface area contributed by atoms with Gasteiger partial charge in [0.15, 0.2) is 0 Å². The number of nitrogens with one attached hydrogen (secondary N) is 1. The Kier molecular flexibility index (Phi) is 3.17. The zero-order valence-corrected chi connectivity index (χ0v) is 10.0. The van der Waals surface area contributed by atoms with Gasteiger partial charge in [-0.1, -0.05) is 19.8 Å². The fourth-order valence-electron chi connectivity index (χ4n) is 2.39. The molecule has 2 rings (SSSR count). The average Bonchev–Trinajstić information content (AvgIpc) is 3.04. The van der Waals surface area contributed by atoms with Gasteiger partial charge in [0.25, 0.3) is 0 Å². The summed E-state index contributed by atoms with van der Waals surface area (Å²) in [6.07, 6.45) is 4.60. The molecule has 1 N–H and O–H groups in total. The van der Waals surface area contributed by atoms with Crippen LogP contribution in [0.4, 0.5) is 0 Å². The molecule has 0 bridgehead atoms. The van der Waals surface area contributed by atoms with Gasteiger partial charge in [-0.15, -0.1) is 0 Å². The van der Waals surface area contributed by atoms with Crippen molar-refractivity contribution in [3.8, 4) is 0 Å². The Morgan fingerprint density at radius 3 is 2.69 bits per heavy atom. The van der Waals surface area contributed by atoms with E-state index in [4.69, 9.17) is 0 Å². The smallest absolute Gasteiger partial charge is 0.245 e. The highest BCUT2D eigenvalue weighted by atomic mass is 16.2. The molecule has 90 valence electrons. The highest BCUT2D eigenvalue weighted by Crippen LogP contribution is 2.35. The maximum Gasteiger partial charge on any atom is 0.245 e. The molecule has 1 saturated carbocycles. The number of rotatable bonds is 4. The van der Waals surface area contributed by atoms with Gasteiger partial charge in [0.2, 0.25) is 11.8 Å². The fourth-order valence-corrected chi connectivity index (χ4v) is 2.39. The lowest BCUT2D eigenvalue weighted by Gasteiger charge is -2.36. The van der Waals surface area contributed by atoms with Gasteiger partial charge in [0.05, 0.1) is 6.54 Å². The van der Waals surface area contributed by atoms with E-state index < -0.39 is 0 Å². The minimum atomic E-state index is -0.352. The number of hydrogen-bond acceptors (Lipinski definition) is 2. The molecule has 2 atom stereocenters. The van der Waals surface area contributed by atoms with Gasteiger partial charge in [-0.05, 0) is 25.7 Å². The Morgan fingerprint density at radius 1 is 1.44 bits per heavy atom. The maximum absolute atomic E-state index is 12.0. The van der Waals surface area contributed by atoms with Crippen LogP contribution in [0.25, 0.3) is 0 Å². The Bertz CT molecular complexity index is 299. The standard InChI is InChI=1S/C12H20N2O2/c1-3-10(6-9-4-5-9)14-7-11(15)13-8(2)12(14)16/h8-10H,3-7H2,1-2H3,(H,13,15). The molecule has 2 fully saturated rings. The van der Waals surface area contributed by atoms with Crippen LogP contribution in [-0.2, 0) is 9.59 Å². The second kappa shape index (κ2) is 4.44. The number of carbonyl (C=O) groups is 2. The van der Waals surface area contributed by atoms with E-state index in [-0.39, 0.29) is 30.4 Å². The normalized spacial score (nSPS) is 27.9. The van der Waals surface area contributed by atoms with Crippen molar-refractivity contribution in [2.75, 3.05) is 6.54 Å². The van der Waals surface area contributed by atoms with Gasteiger partial charge in [-0.3, -0.25) is 9.59 Å². The van der Waals surface area contributed by atoms with Gasteiger partial charge in [0.1, 0.15) is 6.04 Å². The third kappa shape index (κ3) is 2.36. The third-order valence-corrected chi connectivity index (χ3v) is 3.56. The van der Waals surface area contributed by atoms with Crippen LogP contribution >= 0.6 is 0 Å². The minimum absolute atomic E-state index is 0.0265. The molecule has 0 spiro atoms. The monoisotopic (exact) mass is 224 g/mol. The van der Waals surface area contributed by atoms with E-state index in [1.807, 2.05) is 0 Å². The second-order valence-electron chi connectivity index (χ2n) is 5.00. The van der Waals surface area contributed by atoms with Gasteiger partial charge < -0.3 is 10.2 Å². The lowest BCUT2D eigenvalue weighted by atomic mass is 10.0. The summed E-state index contributed by atoms with van der Waals surface area (Å²) in [4.78, 5) is 25.2. The first-order chi connectivity index (χ1) is 7.61. The first kappa shape index (κ1) is 11.4. The van der Waals surface area contributed by atoms with Crippen molar-refractivity contribution < 1.29 is 9.59 Å². The van der Waals surface area contributed by atoms with Crippen molar-refractivity contribution in [2.24, 2.45) is 5.92 Å². The highest BCUT2D eigenvalue weighted by Gasteiger charge is 2.36. The number of nitrogens with zero attached hydrogens (tertiary/aromatic N) is 1. The lowest BCUT2D eigenvalue weighted by molar-refractivity contribution is -0.146. The maximum atomic E-state index is 12.0. The molecule has 2 aliphatic rings. The molecule has 0 aromatic heterocycles. The van der Waals surface area contributed by atoms with Crippen LogP contribution in [0.1, 0.15) is 39.5 Å². The van der Waals surface area contributed by atoms with Crippen molar-refractivity contribution in [2.45, 2.75) is 51.6 Å². The summed E-state index contributed by atoms with van der Waals surface area (Å²) in [7, 11) is 0. The quantitative estimate of drug-likeness (QED) is 0.771. The number of amides is 2. The van der Waals surface area contributed by atoms with E-state index in [1.165, 1.54) is 12.8 Å². The van der Waals surface area contributed by atoms with Gasteiger partial charge >= 0.3 is 0 Å². The molecule has 0 aromatic rings. The fraction of sp³-hybridized carbons (Fsp3) is 0.833. The van der Waals surface area contributed by atoms with Crippen LogP contribution < -0.4 is 5.32 Å². The molecule has 1 aliphatic carbocycles. The summed E-state index contributed by atoms with van der Waals surface area (Å²) in [5.74, 6) is 0.839. The molecular weight excluding hydrogens is 204 g/mol. The number of hydrogen-bond donors (Lipinski definition) is 1. The molecular formula is C12H20N2O2. The zero-order valence-electron chi connectivity index (χ0n) is 10.0. The minimum Gasteiger partial charge on any atom is -0.343 e.